The van der Waals surface area contributed by atoms with E-state index in [1.807, 2.05) is 20.2 Å². The third-order valence-corrected chi connectivity index (χ3v) is 4.80. The summed E-state index contributed by atoms with van der Waals surface area (Å²) in [5, 5.41) is 7.12. The van der Waals surface area contributed by atoms with E-state index in [0.717, 1.165) is 18.8 Å². The topological polar surface area (TPSA) is 46.9 Å². The van der Waals surface area contributed by atoms with Crippen LogP contribution < -0.4 is 5.32 Å². The van der Waals surface area contributed by atoms with E-state index in [1.54, 1.807) is 10.7 Å². The summed E-state index contributed by atoms with van der Waals surface area (Å²) in [6.07, 6.45) is 1.91. The number of aryl methyl sites for hydroxylation is 2. The first-order chi connectivity index (χ1) is 8.47. The molecule has 0 spiro atoms. The molecule has 1 N–H and O–H groups in total. The van der Waals surface area contributed by atoms with Crippen molar-refractivity contribution in [2.75, 3.05) is 0 Å². The van der Waals surface area contributed by atoms with E-state index in [-0.39, 0.29) is 5.91 Å². The van der Waals surface area contributed by atoms with E-state index in [9.17, 15) is 4.79 Å². The Morgan fingerprint density at radius 1 is 1.56 bits per heavy atom. The van der Waals surface area contributed by atoms with Gasteiger partial charge in [0.1, 0.15) is 0 Å². The Balaban J connectivity index is 2.05. The van der Waals surface area contributed by atoms with Crippen LogP contribution in [0.15, 0.2) is 19.8 Å². The SMILES string of the molecule is Cc1nn(C)cc1CNC(=O)c1cc(Br)sc1Br. The van der Waals surface area contributed by atoms with Gasteiger partial charge in [0.05, 0.1) is 18.8 Å². The maximum atomic E-state index is 12.0. The number of thiophene rings is 1. The van der Waals surface area contributed by atoms with Crippen molar-refractivity contribution in [2.45, 2.75) is 13.5 Å². The Kier molecular flexibility index (Phi) is 4.24. The Morgan fingerprint density at radius 2 is 2.28 bits per heavy atom. The van der Waals surface area contributed by atoms with Crippen LogP contribution >= 0.6 is 43.2 Å². The normalized spacial score (nSPS) is 10.7. The molecule has 4 nitrogen and oxygen atoms in total. The van der Waals surface area contributed by atoms with Crippen LogP contribution in [0.4, 0.5) is 0 Å². The number of hydrogen-bond acceptors (Lipinski definition) is 3. The minimum absolute atomic E-state index is 0.0907. The minimum Gasteiger partial charge on any atom is -0.348 e. The van der Waals surface area contributed by atoms with Gasteiger partial charge >= 0.3 is 0 Å². The van der Waals surface area contributed by atoms with E-state index in [1.165, 1.54) is 11.3 Å². The minimum atomic E-state index is -0.0907. The molecule has 2 rings (SSSR count). The lowest BCUT2D eigenvalue weighted by molar-refractivity contribution is 0.0950. The summed E-state index contributed by atoms with van der Waals surface area (Å²) in [7, 11) is 1.87. The third kappa shape index (κ3) is 3.02. The van der Waals surface area contributed by atoms with Crippen LogP contribution in [0.1, 0.15) is 21.6 Å². The van der Waals surface area contributed by atoms with Crippen LogP contribution in [0, 0.1) is 6.92 Å². The molecular weight excluding hydrogens is 382 g/mol. The maximum Gasteiger partial charge on any atom is 0.253 e. The average molecular weight is 393 g/mol. The Bertz CT molecular complexity index is 591. The molecule has 2 aromatic rings. The van der Waals surface area contributed by atoms with Crippen molar-refractivity contribution in [1.82, 2.24) is 15.1 Å². The van der Waals surface area contributed by atoms with Gasteiger partial charge < -0.3 is 5.32 Å². The standard InChI is InChI=1S/C11H11Br2N3OS/c1-6-7(5-16(2)15-6)4-14-11(17)8-3-9(12)18-10(8)13/h3,5H,4H2,1-2H3,(H,14,17). The highest BCUT2D eigenvalue weighted by Gasteiger charge is 2.14. The summed E-state index contributed by atoms with van der Waals surface area (Å²) in [6, 6.07) is 1.81. The second-order valence-electron chi connectivity index (χ2n) is 3.83. The highest BCUT2D eigenvalue weighted by Crippen LogP contribution is 2.31. The number of aromatic nitrogens is 2. The van der Waals surface area contributed by atoms with Crippen LogP contribution in [-0.2, 0) is 13.6 Å². The van der Waals surface area contributed by atoms with E-state index >= 15 is 0 Å². The van der Waals surface area contributed by atoms with Gasteiger partial charge in [-0.25, -0.2) is 0 Å². The Labute approximate surface area is 126 Å². The molecule has 2 aromatic heterocycles. The smallest absolute Gasteiger partial charge is 0.253 e. The first-order valence-electron chi connectivity index (χ1n) is 5.19. The fourth-order valence-electron chi connectivity index (χ4n) is 1.59. The summed E-state index contributed by atoms with van der Waals surface area (Å²) in [6.45, 7) is 2.41. The van der Waals surface area contributed by atoms with Crippen molar-refractivity contribution in [2.24, 2.45) is 7.05 Å². The van der Waals surface area contributed by atoms with Crippen LogP contribution in [0.2, 0.25) is 0 Å². The second kappa shape index (κ2) is 5.54. The molecular formula is C11H11Br2N3OS. The number of halogens is 2. The number of amides is 1. The largest absolute Gasteiger partial charge is 0.348 e. The van der Waals surface area contributed by atoms with Crippen molar-refractivity contribution in [3.8, 4) is 0 Å². The predicted octanol–water partition coefficient (Wildman–Crippen LogP) is 3.25. The molecule has 7 heteroatoms. The van der Waals surface area contributed by atoms with Gasteiger partial charge in [-0.1, -0.05) is 0 Å². The molecule has 96 valence electrons. The summed E-state index contributed by atoms with van der Waals surface area (Å²) >= 11 is 8.21. The lowest BCUT2D eigenvalue weighted by Crippen LogP contribution is -2.22. The number of hydrogen-bond donors (Lipinski definition) is 1. The van der Waals surface area contributed by atoms with Crippen molar-refractivity contribution in [3.63, 3.8) is 0 Å². The van der Waals surface area contributed by atoms with E-state index < -0.39 is 0 Å². The van der Waals surface area contributed by atoms with E-state index in [4.69, 9.17) is 0 Å². The summed E-state index contributed by atoms with van der Waals surface area (Å²) in [5.41, 5.74) is 2.60. The number of nitrogens with zero attached hydrogens (tertiary/aromatic N) is 2. The first kappa shape index (κ1) is 13.8. The number of carbonyl (C=O) groups is 1. The zero-order chi connectivity index (χ0) is 13.3. The van der Waals surface area contributed by atoms with Gasteiger partial charge in [-0.05, 0) is 44.8 Å². The summed E-state index contributed by atoms with van der Waals surface area (Å²) < 4.78 is 3.50. The molecule has 0 aliphatic heterocycles. The Hall–Kier alpha value is -0.660. The van der Waals surface area contributed by atoms with E-state index in [0.29, 0.717) is 12.1 Å². The fraction of sp³-hybridized carbons (Fsp3) is 0.273. The van der Waals surface area contributed by atoms with Gasteiger partial charge in [-0.15, -0.1) is 11.3 Å². The molecule has 0 aromatic carbocycles. The first-order valence-corrected chi connectivity index (χ1v) is 7.59. The lowest BCUT2D eigenvalue weighted by atomic mass is 10.2. The zero-order valence-electron chi connectivity index (χ0n) is 9.83. The molecule has 0 saturated heterocycles. The van der Waals surface area contributed by atoms with Gasteiger partial charge in [0.25, 0.3) is 5.91 Å². The molecule has 0 aliphatic rings. The van der Waals surface area contributed by atoms with E-state index in [2.05, 4.69) is 42.3 Å². The Morgan fingerprint density at radius 3 is 2.78 bits per heavy atom. The van der Waals surface area contributed by atoms with Crippen LogP contribution in [0.25, 0.3) is 0 Å². The average Bonchev–Trinajstić information content (AvgIpc) is 2.78. The van der Waals surface area contributed by atoms with Gasteiger partial charge in [0.2, 0.25) is 0 Å². The molecule has 0 bridgehead atoms. The monoisotopic (exact) mass is 391 g/mol. The quantitative estimate of drug-likeness (QED) is 0.871. The van der Waals surface area contributed by atoms with Gasteiger partial charge in [-0.2, -0.15) is 5.10 Å². The predicted molar refractivity (Wildman–Crippen MR) is 78.8 cm³/mol. The van der Waals surface area contributed by atoms with Crippen molar-refractivity contribution >= 4 is 49.1 Å². The van der Waals surface area contributed by atoms with Gasteiger partial charge in [0, 0.05) is 25.4 Å². The summed E-state index contributed by atoms with van der Waals surface area (Å²) in [4.78, 5) is 12.0. The van der Waals surface area contributed by atoms with Crippen molar-refractivity contribution in [1.29, 1.82) is 0 Å². The van der Waals surface area contributed by atoms with Crippen LogP contribution in [0.5, 0.6) is 0 Å². The molecule has 0 atom stereocenters. The number of carbonyl (C=O) groups excluding carboxylic acids is 1. The van der Waals surface area contributed by atoms with Crippen molar-refractivity contribution in [3.05, 3.63) is 36.7 Å². The fourth-order valence-corrected chi connectivity index (χ4v) is 4.38. The second-order valence-corrected chi connectivity index (χ2v) is 7.58. The molecule has 0 saturated carbocycles. The molecule has 0 aliphatic carbocycles. The number of nitrogens with one attached hydrogen (secondary N) is 1. The molecule has 0 radical (unpaired) electrons. The molecule has 0 unspecified atom stereocenters. The maximum absolute atomic E-state index is 12.0. The highest BCUT2D eigenvalue weighted by atomic mass is 79.9. The lowest BCUT2D eigenvalue weighted by Gasteiger charge is -2.03. The van der Waals surface area contributed by atoms with Gasteiger partial charge in [-0.3, -0.25) is 9.48 Å². The van der Waals surface area contributed by atoms with Gasteiger partial charge in [0.15, 0.2) is 0 Å². The molecule has 18 heavy (non-hydrogen) atoms. The van der Waals surface area contributed by atoms with Crippen molar-refractivity contribution < 1.29 is 4.79 Å². The zero-order valence-corrected chi connectivity index (χ0v) is 13.8. The highest BCUT2D eigenvalue weighted by molar-refractivity contribution is 9.12. The molecule has 0 fully saturated rings. The number of rotatable bonds is 3. The summed E-state index contributed by atoms with van der Waals surface area (Å²) in [5.74, 6) is -0.0907. The van der Waals surface area contributed by atoms with Crippen LogP contribution in [-0.4, -0.2) is 15.7 Å². The molecule has 1 amide bonds. The third-order valence-electron chi connectivity index (χ3n) is 2.46. The molecule has 2 heterocycles. The van der Waals surface area contributed by atoms with Crippen LogP contribution in [0.3, 0.4) is 0 Å².